The summed E-state index contributed by atoms with van der Waals surface area (Å²) in [6.07, 6.45) is 2.30. The van der Waals surface area contributed by atoms with Crippen molar-refractivity contribution in [2.45, 2.75) is 6.42 Å². The maximum Gasteiger partial charge on any atom is 0.177 e. The number of aromatic nitrogens is 3. The number of hydrogen-bond acceptors (Lipinski definition) is 3. The third kappa shape index (κ3) is 1.29. The number of hydrogen-bond donors (Lipinski definition) is 1. The molecule has 0 radical (unpaired) electrons. The molecule has 0 spiro atoms. The first-order chi connectivity index (χ1) is 6.33. The van der Waals surface area contributed by atoms with Gasteiger partial charge >= 0.3 is 0 Å². The molecular formula is C9H11N3O. The van der Waals surface area contributed by atoms with Gasteiger partial charge in [0.1, 0.15) is 5.82 Å². The predicted octanol–water partition coefficient (Wildman–Crippen LogP) is 0.503. The summed E-state index contributed by atoms with van der Waals surface area (Å²) in [6, 6.07) is 3.85. The Kier molecular flexibility index (Phi) is 1.98. The number of pyridine rings is 1. The molecule has 68 valence electrons. The normalized spacial score (nSPS) is 10.9. The molecule has 0 fully saturated rings. The van der Waals surface area contributed by atoms with Gasteiger partial charge in [-0.25, -0.2) is 9.97 Å². The number of rotatable bonds is 2. The van der Waals surface area contributed by atoms with Crippen molar-refractivity contribution in [3.05, 3.63) is 24.2 Å². The molecule has 0 atom stereocenters. The van der Waals surface area contributed by atoms with E-state index in [2.05, 4.69) is 9.97 Å². The van der Waals surface area contributed by atoms with Crippen LogP contribution in [0.2, 0.25) is 0 Å². The first kappa shape index (κ1) is 8.19. The summed E-state index contributed by atoms with van der Waals surface area (Å²) in [4.78, 5) is 8.43. The molecule has 2 heterocycles. The Hall–Kier alpha value is -1.42. The molecule has 0 aliphatic rings. The zero-order valence-electron chi connectivity index (χ0n) is 7.44. The van der Waals surface area contributed by atoms with Gasteiger partial charge in [0.05, 0.1) is 12.1 Å². The van der Waals surface area contributed by atoms with Crippen molar-refractivity contribution >= 4 is 11.2 Å². The van der Waals surface area contributed by atoms with Crippen LogP contribution in [-0.4, -0.2) is 26.2 Å². The molecule has 4 nitrogen and oxygen atoms in total. The van der Waals surface area contributed by atoms with E-state index < -0.39 is 0 Å². The van der Waals surface area contributed by atoms with E-state index in [0.29, 0.717) is 6.42 Å². The van der Waals surface area contributed by atoms with Crippen molar-refractivity contribution in [2.75, 3.05) is 6.61 Å². The highest BCUT2D eigenvalue weighted by atomic mass is 16.3. The molecule has 0 saturated carbocycles. The zero-order chi connectivity index (χ0) is 9.26. The van der Waals surface area contributed by atoms with Gasteiger partial charge in [-0.2, -0.15) is 0 Å². The average molecular weight is 177 g/mol. The molecule has 0 aliphatic carbocycles. The van der Waals surface area contributed by atoms with Crippen LogP contribution >= 0.6 is 0 Å². The van der Waals surface area contributed by atoms with Crippen LogP contribution in [0.25, 0.3) is 11.2 Å². The molecular weight excluding hydrogens is 166 g/mol. The van der Waals surface area contributed by atoms with E-state index in [1.165, 1.54) is 0 Å². The Bertz CT molecular complexity index is 422. The van der Waals surface area contributed by atoms with Crippen LogP contribution in [-0.2, 0) is 13.5 Å². The van der Waals surface area contributed by atoms with Crippen LogP contribution < -0.4 is 0 Å². The van der Waals surface area contributed by atoms with Gasteiger partial charge < -0.3 is 9.67 Å². The van der Waals surface area contributed by atoms with Crippen LogP contribution in [0.15, 0.2) is 18.3 Å². The van der Waals surface area contributed by atoms with Crippen molar-refractivity contribution in [2.24, 2.45) is 7.05 Å². The van der Waals surface area contributed by atoms with Gasteiger partial charge in [-0.3, -0.25) is 0 Å². The van der Waals surface area contributed by atoms with Crippen molar-refractivity contribution in [1.29, 1.82) is 0 Å². The average Bonchev–Trinajstić information content (AvgIpc) is 2.46. The number of aryl methyl sites for hydroxylation is 1. The topological polar surface area (TPSA) is 50.9 Å². The lowest BCUT2D eigenvalue weighted by molar-refractivity contribution is 0.295. The maximum absolute atomic E-state index is 8.80. The zero-order valence-corrected chi connectivity index (χ0v) is 7.44. The quantitative estimate of drug-likeness (QED) is 0.726. The first-order valence-corrected chi connectivity index (χ1v) is 4.20. The second-order valence-electron chi connectivity index (χ2n) is 2.91. The smallest absolute Gasteiger partial charge is 0.177 e. The lowest BCUT2D eigenvalue weighted by Crippen LogP contribution is -2.00. The molecule has 0 amide bonds. The van der Waals surface area contributed by atoms with Crippen molar-refractivity contribution in [3.63, 3.8) is 0 Å². The third-order valence-corrected chi connectivity index (χ3v) is 2.08. The Balaban J connectivity index is 2.60. The van der Waals surface area contributed by atoms with Crippen LogP contribution in [0.5, 0.6) is 0 Å². The highest BCUT2D eigenvalue weighted by molar-refractivity contribution is 5.71. The molecule has 1 N–H and O–H groups in total. The second-order valence-corrected chi connectivity index (χ2v) is 2.91. The van der Waals surface area contributed by atoms with Gasteiger partial charge in [-0.15, -0.1) is 0 Å². The Morgan fingerprint density at radius 2 is 2.38 bits per heavy atom. The number of aliphatic hydroxyl groups is 1. The summed E-state index contributed by atoms with van der Waals surface area (Å²) < 4.78 is 1.96. The monoisotopic (exact) mass is 177 g/mol. The highest BCUT2D eigenvalue weighted by Gasteiger charge is 2.06. The van der Waals surface area contributed by atoms with Crippen LogP contribution in [0.4, 0.5) is 0 Å². The minimum Gasteiger partial charge on any atom is -0.396 e. The van der Waals surface area contributed by atoms with Gasteiger partial charge in [0.15, 0.2) is 5.65 Å². The molecule has 0 aliphatic heterocycles. The van der Waals surface area contributed by atoms with E-state index >= 15 is 0 Å². The van der Waals surface area contributed by atoms with E-state index in [1.807, 2.05) is 23.7 Å². The summed E-state index contributed by atoms with van der Waals surface area (Å²) in [7, 11) is 1.93. The minimum atomic E-state index is 0.122. The van der Waals surface area contributed by atoms with Crippen LogP contribution in [0.3, 0.4) is 0 Å². The number of aliphatic hydroxyl groups excluding tert-OH is 1. The lowest BCUT2D eigenvalue weighted by atomic mass is 10.4. The third-order valence-electron chi connectivity index (χ3n) is 2.08. The molecule has 2 rings (SSSR count). The van der Waals surface area contributed by atoms with Gasteiger partial charge in [0.25, 0.3) is 0 Å². The molecule has 0 aromatic carbocycles. The SMILES string of the molecule is Cn1c(CCO)nc2ncccc21. The van der Waals surface area contributed by atoms with Crippen LogP contribution in [0, 0.1) is 0 Å². The molecule has 0 saturated heterocycles. The molecule has 0 unspecified atom stereocenters. The lowest BCUT2D eigenvalue weighted by Gasteiger charge is -1.97. The van der Waals surface area contributed by atoms with Gasteiger partial charge in [-0.1, -0.05) is 0 Å². The summed E-state index contributed by atoms with van der Waals surface area (Å²) in [6.45, 7) is 0.122. The van der Waals surface area contributed by atoms with E-state index in [1.54, 1.807) is 6.20 Å². The Morgan fingerprint density at radius 3 is 3.08 bits per heavy atom. The molecule has 2 aromatic heterocycles. The summed E-state index contributed by atoms with van der Waals surface area (Å²) in [5.41, 5.74) is 1.75. The maximum atomic E-state index is 8.80. The number of fused-ring (bicyclic) bond motifs is 1. The first-order valence-electron chi connectivity index (χ1n) is 4.20. The number of nitrogens with zero attached hydrogens (tertiary/aromatic N) is 3. The van der Waals surface area contributed by atoms with Crippen molar-refractivity contribution in [3.8, 4) is 0 Å². The fourth-order valence-corrected chi connectivity index (χ4v) is 1.40. The standard InChI is InChI=1S/C9H11N3O/c1-12-7-3-2-5-10-9(7)11-8(12)4-6-13/h2-3,5,13H,4,6H2,1H3. The molecule has 2 aromatic rings. The van der Waals surface area contributed by atoms with Gasteiger partial charge in [0, 0.05) is 19.7 Å². The van der Waals surface area contributed by atoms with Crippen molar-refractivity contribution < 1.29 is 5.11 Å². The van der Waals surface area contributed by atoms with E-state index in [4.69, 9.17) is 5.11 Å². The van der Waals surface area contributed by atoms with Crippen molar-refractivity contribution in [1.82, 2.24) is 14.5 Å². The molecule has 0 bridgehead atoms. The molecule has 13 heavy (non-hydrogen) atoms. The van der Waals surface area contributed by atoms with E-state index in [-0.39, 0.29) is 6.61 Å². The highest BCUT2D eigenvalue weighted by Crippen LogP contribution is 2.11. The summed E-state index contributed by atoms with van der Waals surface area (Å²) >= 11 is 0. The van der Waals surface area contributed by atoms with E-state index in [9.17, 15) is 0 Å². The van der Waals surface area contributed by atoms with Gasteiger partial charge in [-0.05, 0) is 12.1 Å². The second kappa shape index (κ2) is 3.14. The fraction of sp³-hybridized carbons (Fsp3) is 0.333. The Labute approximate surface area is 75.9 Å². The Morgan fingerprint density at radius 1 is 1.54 bits per heavy atom. The predicted molar refractivity (Wildman–Crippen MR) is 49.3 cm³/mol. The number of imidazole rings is 1. The van der Waals surface area contributed by atoms with E-state index in [0.717, 1.165) is 17.0 Å². The summed E-state index contributed by atoms with van der Waals surface area (Å²) in [5.74, 6) is 0.871. The van der Waals surface area contributed by atoms with Gasteiger partial charge in [0.2, 0.25) is 0 Å². The fourth-order valence-electron chi connectivity index (χ4n) is 1.40. The van der Waals surface area contributed by atoms with Crippen LogP contribution in [0.1, 0.15) is 5.82 Å². The summed E-state index contributed by atoms with van der Waals surface area (Å²) in [5, 5.41) is 8.80. The largest absolute Gasteiger partial charge is 0.396 e. The molecule has 4 heteroatoms. The minimum absolute atomic E-state index is 0.122.